The highest BCUT2D eigenvalue weighted by molar-refractivity contribution is 7.26. The topological polar surface area (TPSA) is 155 Å². The SMILES string of the molecule is c1ccc(-c2nc(-c3cccc(-c4cccc(-c5nc(-c6ccccc6)nc(-c6ccc7sc8cccc(-c9cccc(-c%10nc(-c%11ccccc%11)c%11oc%12ccccc%12c%11n%10)c9)c8c7c6)n5)c4)c3)nc(-c3ccc4sc5cc(-c6cccc(-c7nc(-c8ccccc8)c8oc9ccccc9c8n7)c6)ccc5c4c3)n2)cc1. The first-order chi connectivity index (χ1) is 55.4. The van der Waals surface area contributed by atoms with Crippen molar-refractivity contribution in [3.8, 4) is 147 Å². The van der Waals surface area contributed by atoms with Crippen LogP contribution in [0.1, 0.15) is 0 Å². The van der Waals surface area contributed by atoms with E-state index in [4.69, 9.17) is 58.7 Å². The summed E-state index contributed by atoms with van der Waals surface area (Å²) >= 11 is 3.55. The second kappa shape index (κ2) is 26.6. The molecule has 0 fully saturated rings. The van der Waals surface area contributed by atoms with Crippen LogP contribution in [-0.4, -0.2) is 49.8 Å². The third kappa shape index (κ3) is 11.4. The van der Waals surface area contributed by atoms with Crippen molar-refractivity contribution in [2.75, 3.05) is 0 Å². The monoisotopic (exact) mass is 1470 g/mol. The zero-order valence-corrected chi connectivity index (χ0v) is 61.1. The van der Waals surface area contributed by atoms with E-state index >= 15 is 0 Å². The van der Waals surface area contributed by atoms with Gasteiger partial charge in [-0.2, -0.15) is 0 Å². The zero-order chi connectivity index (χ0) is 73.7. The minimum Gasteiger partial charge on any atom is -0.452 e. The molecule has 0 aliphatic rings. The minimum atomic E-state index is 0.549. The summed E-state index contributed by atoms with van der Waals surface area (Å²) in [7, 11) is 0. The Morgan fingerprint density at radius 2 is 0.527 bits per heavy atom. The van der Waals surface area contributed by atoms with E-state index in [2.05, 4.69) is 206 Å². The third-order valence-electron chi connectivity index (χ3n) is 20.8. The van der Waals surface area contributed by atoms with E-state index in [1.807, 2.05) is 133 Å². The molecule has 0 radical (unpaired) electrons. The number of benzene rings is 14. The third-order valence-corrected chi connectivity index (χ3v) is 23.1. The van der Waals surface area contributed by atoms with Crippen molar-refractivity contribution >= 4 is 107 Å². The highest BCUT2D eigenvalue weighted by Gasteiger charge is 2.24. The fourth-order valence-corrected chi connectivity index (χ4v) is 17.6. The molecule has 0 unspecified atom stereocenters. The minimum absolute atomic E-state index is 0.549. The Bertz CT molecular complexity index is 7530. The summed E-state index contributed by atoms with van der Waals surface area (Å²) in [6.45, 7) is 0. The number of hydrogen-bond acceptors (Lipinski definition) is 14. The van der Waals surface area contributed by atoms with Crippen LogP contribution in [0.4, 0.5) is 0 Å². The summed E-state index contributed by atoms with van der Waals surface area (Å²) in [4.78, 5) is 52.4. The lowest BCUT2D eigenvalue weighted by atomic mass is 9.97. The first kappa shape index (κ1) is 64.5. The lowest BCUT2D eigenvalue weighted by molar-refractivity contribution is 0.667. The number of rotatable bonds is 13. The maximum absolute atomic E-state index is 6.46. The molecule has 0 N–H and O–H groups in total. The lowest BCUT2D eigenvalue weighted by Crippen LogP contribution is -2.00. The van der Waals surface area contributed by atoms with Crippen molar-refractivity contribution in [2.24, 2.45) is 0 Å². The molecule has 0 saturated heterocycles. The number of para-hydroxylation sites is 2. The molecule has 0 aliphatic heterocycles. The van der Waals surface area contributed by atoms with Gasteiger partial charge in [0.05, 0.1) is 0 Å². The molecule has 8 aromatic heterocycles. The lowest BCUT2D eigenvalue weighted by Gasteiger charge is -2.11. The summed E-state index contributed by atoms with van der Waals surface area (Å²) < 4.78 is 17.5. The molecule has 112 heavy (non-hydrogen) atoms. The van der Waals surface area contributed by atoms with Gasteiger partial charge in [-0.3, -0.25) is 0 Å². The molecule has 0 amide bonds. The van der Waals surface area contributed by atoms with Crippen LogP contribution in [0.2, 0.25) is 0 Å². The molecule has 22 rings (SSSR count). The van der Waals surface area contributed by atoms with Crippen LogP contribution in [0.25, 0.3) is 231 Å². The molecule has 522 valence electrons. The average molecular weight is 1470 g/mol. The predicted molar refractivity (Wildman–Crippen MR) is 455 cm³/mol. The van der Waals surface area contributed by atoms with Gasteiger partial charge < -0.3 is 8.83 Å². The van der Waals surface area contributed by atoms with Crippen LogP contribution < -0.4 is 0 Å². The molecule has 14 aromatic carbocycles. The van der Waals surface area contributed by atoms with E-state index in [0.717, 1.165) is 164 Å². The van der Waals surface area contributed by atoms with Crippen molar-refractivity contribution in [1.82, 2.24) is 49.8 Å². The summed E-state index contributed by atoms with van der Waals surface area (Å²) in [5.41, 5.74) is 21.2. The molecule has 0 atom stereocenters. The van der Waals surface area contributed by atoms with Crippen molar-refractivity contribution in [1.29, 1.82) is 0 Å². The Morgan fingerprint density at radius 3 is 1.01 bits per heavy atom. The van der Waals surface area contributed by atoms with Crippen molar-refractivity contribution in [3.05, 3.63) is 340 Å². The van der Waals surface area contributed by atoms with Crippen LogP contribution in [0.15, 0.2) is 349 Å². The highest BCUT2D eigenvalue weighted by atomic mass is 32.1. The van der Waals surface area contributed by atoms with Crippen molar-refractivity contribution in [2.45, 2.75) is 0 Å². The van der Waals surface area contributed by atoms with Gasteiger partial charge in [-0.25, -0.2) is 49.8 Å². The largest absolute Gasteiger partial charge is 0.452 e. The van der Waals surface area contributed by atoms with Crippen LogP contribution in [0, 0.1) is 0 Å². The van der Waals surface area contributed by atoms with Gasteiger partial charge >= 0.3 is 0 Å². The normalized spacial score (nSPS) is 11.8. The van der Waals surface area contributed by atoms with Gasteiger partial charge in [-0.05, 0) is 130 Å². The molecule has 0 spiro atoms. The second-order valence-electron chi connectivity index (χ2n) is 27.8. The van der Waals surface area contributed by atoms with E-state index in [-0.39, 0.29) is 0 Å². The Balaban J connectivity index is 0.589. The molecule has 0 saturated carbocycles. The first-order valence-electron chi connectivity index (χ1n) is 36.9. The van der Waals surface area contributed by atoms with E-state index in [1.54, 1.807) is 22.7 Å². The molecule has 8 heterocycles. The maximum Gasteiger partial charge on any atom is 0.180 e. The Labute approximate surface area is 648 Å². The van der Waals surface area contributed by atoms with E-state index in [9.17, 15) is 0 Å². The maximum atomic E-state index is 6.46. The molecule has 22 aromatic rings. The van der Waals surface area contributed by atoms with Crippen molar-refractivity contribution in [3.63, 3.8) is 0 Å². The van der Waals surface area contributed by atoms with Crippen LogP contribution >= 0.6 is 22.7 Å². The van der Waals surface area contributed by atoms with Gasteiger partial charge in [-0.15, -0.1) is 22.7 Å². The first-order valence-corrected chi connectivity index (χ1v) is 38.5. The van der Waals surface area contributed by atoms with E-state index < -0.39 is 0 Å². The Kier molecular flexibility index (Phi) is 15.3. The van der Waals surface area contributed by atoms with Gasteiger partial charge in [0.15, 0.2) is 57.8 Å². The van der Waals surface area contributed by atoms with E-state index in [0.29, 0.717) is 57.8 Å². The molecule has 12 nitrogen and oxygen atoms in total. The summed E-state index contributed by atoms with van der Waals surface area (Å²) in [5, 5.41) is 6.43. The molecule has 0 bridgehead atoms. The summed E-state index contributed by atoms with van der Waals surface area (Å²) in [6.07, 6.45) is 0. The zero-order valence-electron chi connectivity index (χ0n) is 59.4. The second-order valence-corrected chi connectivity index (χ2v) is 29.9. The summed E-state index contributed by atoms with van der Waals surface area (Å²) in [6, 6.07) is 117. The van der Waals surface area contributed by atoms with Gasteiger partial charge in [0.1, 0.15) is 33.6 Å². The van der Waals surface area contributed by atoms with Gasteiger partial charge in [-0.1, -0.05) is 243 Å². The van der Waals surface area contributed by atoms with Gasteiger partial charge in [0.2, 0.25) is 0 Å². The fraction of sp³-hybridized carbons (Fsp3) is 0. The van der Waals surface area contributed by atoms with Gasteiger partial charge in [0, 0.05) is 107 Å². The van der Waals surface area contributed by atoms with E-state index in [1.165, 1.54) is 9.40 Å². The number of aromatic nitrogens is 10. The number of furan rings is 2. The smallest absolute Gasteiger partial charge is 0.180 e. The molecule has 14 heteroatoms. The number of thiophene rings is 2. The quantitative estimate of drug-likeness (QED) is 0.108. The number of nitrogens with zero attached hydrogens (tertiary/aromatic N) is 10. The molecule has 0 aliphatic carbocycles. The highest BCUT2D eigenvalue weighted by Crippen LogP contribution is 2.46. The Hall–Kier alpha value is -14.7. The fourth-order valence-electron chi connectivity index (χ4n) is 15.4. The number of hydrogen-bond donors (Lipinski definition) is 0. The predicted octanol–water partition coefficient (Wildman–Crippen LogP) is 25.8. The molecular weight excluding hydrogens is 1410 g/mol. The van der Waals surface area contributed by atoms with Crippen LogP contribution in [-0.2, 0) is 0 Å². The standard InChI is InChI=1S/C98H56N10O2S2/c1-5-22-57(23-6-1)85-89-87(74-38-13-15-41-78(74)109-89)101-93(99-85)66-34-19-32-63(52-66)64-44-47-73-76-54-70(45-48-80(76)112-83(73)56-64)97-105-91(59-26-9-3-10-27-59)103-95(107-97)67-35-17-30-61(50-67)62-31-18-36-68(51-62)96-104-92(60-28-11-4-12-29-60)106-98(108-96)71-46-49-81-77(55-71)84-72(40-21-43-82(84)111-81)65-33-20-37-69(53-65)94-100-86(58-24-7-2-8-25-58)90-88(102-94)75-39-14-16-42-79(75)110-90/h1-56H. The van der Waals surface area contributed by atoms with Gasteiger partial charge in [0.25, 0.3) is 0 Å². The van der Waals surface area contributed by atoms with Crippen LogP contribution in [0.3, 0.4) is 0 Å². The molecular formula is C98H56N10O2S2. The average Bonchev–Trinajstić information content (AvgIpc) is 1.63. The Morgan fingerprint density at radius 1 is 0.188 bits per heavy atom. The van der Waals surface area contributed by atoms with Crippen molar-refractivity contribution < 1.29 is 8.83 Å². The summed E-state index contributed by atoms with van der Waals surface area (Å²) in [5.74, 6) is 4.64. The van der Waals surface area contributed by atoms with Crippen LogP contribution in [0.5, 0.6) is 0 Å². The number of fused-ring (bicyclic) bond motifs is 12.